The molecule has 3 rings (SSSR count). The fraction of sp³-hybridized carbons (Fsp3) is 0.227. The number of sulfonamides is 1. The van der Waals surface area contributed by atoms with Crippen molar-refractivity contribution in [3.8, 4) is 11.5 Å². The first-order chi connectivity index (χ1) is 16.2. The van der Waals surface area contributed by atoms with E-state index in [1.807, 2.05) is 29.1 Å². The molecule has 0 aromatic heterocycles. The standard InChI is InChI=1S/C22H23N3O8S/c1-15-2-4-16(5-3-15)8-11-34(29,30)23-13-21(27)33-14-20(26)25-22(28)24-17-6-7-18-19(12-17)32-10-9-31-18/h2-8,11-12,23H,9-10,13-14H2,1H3,(H2,24,25,26,28)/b11-8+. The van der Waals surface area contributed by atoms with E-state index in [0.717, 1.165) is 11.0 Å². The molecule has 180 valence electrons. The number of fused-ring (bicyclic) bond motifs is 1. The molecule has 0 aliphatic carbocycles. The Morgan fingerprint density at radius 2 is 1.74 bits per heavy atom. The number of carbonyl (C=O) groups excluding carboxylic acids is 3. The lowest BCUT2D eigenvalue weighted by Gasteiger charge is -2.19. The first-order valence-electron chi connectivity index (χ1n) is 10.1. The minimum Gasteiger partial charge on any atom is -0.486 e. The van der Waals surface area contributed by atoms with Crippen LogP contribution >= 0.6 is 0 Å². The molecule has 1 heterocycles. The molecule has 1 aliphatic rings. The summed E-state index contributed by atoms with van der Waals surface area (Å²) in [5.41, 5.74) is 2.06. The normalized spacial score (nSPS) is 12.7. The van der Waals surface area contributed by atoms with Crippen LogP contribution in [0, 0.1) is 6.92 Å². The van der Waals surface area contributed by atoms with Crippen molar-refractivity contribution in [3.05, 3.63) is 59.0 Å². The highest BCUT2D eigenvalue weighted by atomic mass is 32.2. The summed E-state index contributed by atoms with van der Waals surface area (Å²) in [6, 6.07) is 11.0. The van der Waals surface area contributed by atoms with E-state index in [1.165, 1.54) is 12.1 Å². The number of esters is 1. The zero-order chi connectivity index (χ0) is 24.6. The van der Waals surface area contributed by atoms with Gasteiger partial charge in [-0.15, -0.1) is 0 Å². The number of hydrogen-bond acceptors (Lipinski definition) is 8. The van der Waals surface area contributed by atoms with Crippen LogP contribution < -0.4 is 24.8 Å². The van der Waals surface area contributed by atoms with Gasteiger partial charge in [-0.05, 0) is 30.7 Å². The minimum absolute atomic E-state index is 0.361. The summed E-state index contributed by atoms with van der Waals surface area (Å²) < 4.78 is 41.4. The zero-order valence-corrected chi connectivity index (χ0v) is 19.0. The predicted molar refractivity (Wildman–Crippen MR) is 123 cm³/mol. The van der Waals surface area contributed by atoms with Gasteiger partial charge in [-0.1, -0.05) is 29.8 Å². The van der Waals surface area contributed by atoms with Crippen LogP contribution in [0.5, 0.6) is 11.5 Å². The number of imide groups is 1. The second-order valence-electron chi connectivity index (χ2n) is 7.10. The monoisotopic (exact) mass is 489 g/mol. The number of anilines is 1. The van der Waals surface area contributed by atoms with E-state index in [4.69, 9.17) is 9.47 Å². The largest absolute Gasteiger partial charge is 0.486 e. The molecular weight excluding hydrogens is 466 g/mol. The van der Waals surface area contributed by atoms with Crippen molar-refractivity contribution in [2.45, 2.75) is 6.92 Å². The molecule has 0 spiro atoms. The summed E-state index contributed by atoms with van der Waals surface area (Å²) in [5.74, 6) is -0.887. The molecule has 2 aromatic rings. The van der Waals surface area contributed by atoms with Crippen LogP contribution in [0.15, 0.2) is 47.9 Å². The van der Waals surface area contributed by atoms with E-state index in [2.05, 4.69) is 10.1 Å². The molecule has 34 heavy (non-hydrogen) atoms. The van der Waals surface area contributed by atoms with Crippen molar-refractivity contribution in [1.29, 1.82) is 0 Å². The number of aryl methyl sites for hydroxylation is 1. The number of amides is 3. The van der Waals surface area contributed by atoms with Gasteiger partial charge in [0.2, 0.25) is 10.0 Å². The Morgan fingerprint density at radius 3 is 2.47 bits per heavy atom. The van der Waals surface area contributed by atoms with E-state index in [0.29, 0.717) is 36.0 Å². The van der Waals surface area contributed by atoms with Crippen LogP contribution in [0.3, 0.4) is 0 Å². The van der Waals surface area contributed by atoms with Crippen molar-refractivity contribution in [2.24, 2.45) is 0 Å². The van der Waals surface area contributed by atoms with Gasteiger partial charge in [-0.25, -0.2) is 17.9 Å². The van der Waals surface area contributed by atoms with Crippen molar-refractivity contribution < 1.29 is 37.0 Å². The quantitative estimate of drug-likeness (QED) is 0.473. The lowest BCUT2D eigenvalue weighted by Crippen LogP contribution is -2.38. The second-order valence-corrected chi connectivity index (χ2v) is 8.75. The SMILES string of the molecule is Cc1ccc(/C=C/S(=O)(=O)NCC(=O)OCC(=O)NC(=O)Nc2ccc3c(c2)OCCO3)cc1. The smallest absolute Gasteiger partial charge is 0.325 e. The maximum Gasteiger partial charge on any atom is 0.325 e. The molecule has 0 fully saturated rings. The van der Waals surface area contributed by atoms with E-state index in [9.17, 15) is 22.8 Å². The van der Waals surface area contributed by atoms with Crippen molar-refractivity contribution in [3.63, 3.8) is 0 Å². The van der Waals surface area contributed by atoms with E-state index >= 15 is 0 Å². The van der Waals surface area contributed by atoms with Crippen LogP contribution in [-0.4, -0.2) is 52.7 Å². The molecule has 0 saturated heterocycles. The topological polar surface area (TPSA) is 149 Å². The van der Waals surface area contributed by atoms with Gasteiger partial charge < -0.3 is 19.5 Å². The second kappa shape index (κ2) is 11.3. The Morgan fingerprint density at radius 1 is 1.03 bits per heavy atom. The highest BCUT2D eigenvalue weighted by molar-refractivity contribution is 7.92. The fourth-order valence-corrected chi connectivity index (χ4v) is 3.45. The number of hydrogen-bond donors (Lipinski definition) is 3. The first kappa shape index (κ1) is 24.7. The summed E-state index contributed by atoms with van der Waals surface area (Å²) in [7, 11) is -3.90. The van der Waals surface area contributed by atoms with Crippen molar-refractivity contribution in [2.75, 3.05) is 31.7 Å². The third kappa shape index (κ3) is 7.90. The number of ether oxygens (including phenoxy) is 3. The Kier molecular flexibility index (Phi) is 8.22. The molecule has 0 unspecified atom stereocenters. The Bertz CT molecular complexity index is 1190. The Balaban J connectivity index is 1.38. The Hall–Kier alpha value is -3.90. The first-order valence-corrected chi connectivity index (χ1v) is 11.7. The lowest BCUT2D eigenvalue weighted by molar-refractivity contribution is -0.147. The average Bonchev–Trinajstić information content (AvgIpc) is 2.81. The van der Waals surface area contributed by atoms with E-state index in [1.54, 1.807) is 24.3 Å². The van der Waals surface area contributed by atoms with Crippen LogP contribution in [-0.2, 0) is 24.3 Å². The number of nitrogens with one attached hydrogen (secondary N) is 3. The molecule has 3 N–H and O–H groups in total. The van der Waals surface area contributed by atoms with Gasteiger partial charge in [0.25, 0.3) is 5.91 Å². The molecule has 2 aromatic carbocycles. The van der Waals surface area contributed by atoms with E-state index in [-0.39, 0.29) is 0 Å². The molecule has 12 heteroatoms. The number of rotatable bonds is 8. The summed E-state index contributed by atoms with van der Waals surface area (Å²) in [6.45, 7) is 1.26. The van der Waals surface area contributed by atoms with Gasteiger partial charge in [-0.2, -0.15) is 0 Å². The summed E-state index contributed by atoms with van der Waals surface area (Å²) in [4.78, 5) is 35.5. The third-order valence-electron chi connectivity index (χ3n) is 4.35. The predicted octanol–water partition coefficient (Wildman–Crippen LogP) is 1.55. The van der Waals surface area contributed by atoms with Gasteiger partial charge >= 0.3 is 12.0 Å². The van der Waals surface area contributed by atoms with Gasteiger partial charge in [-0.3, -0.25) is 14.9 Å². The molecule has 3 amide bonds. The highest BCUT2D eigenvalue weighted by Crippen LogP contribution is 2.32. The zero-order valence-electron chi connectivity index (χ0n) is 18.2. The summed E-state index contributed by atoms with van der Waals surface area (Å²) in [6.07, 6.45) is 1.38. The maximum atomic E-state index is 12.0. The lowest BCUT2D eigenvalue weighted by atomic mass is 10.2. The fourth-order valence-electron chi connectivity index (χ4n) is 2.70. The van der Waals surface area contributed by atoms with Gasteiger partial charge in [0.05, 0.1) is 0 Å². The third-order valence-corrected chi connectivity index (χ3v) is 5.39. The van der Waals surface area contributed by atoms with E-state index < -0.39 is 41.1 Å². The molecular formula is C22H23N3O8S. The van der Waals surface area contributed by atoms with Crippen LogP contribution in [0.4, 0.5) is 10.5 Å². The van der Waals surface area contributed by atoms with Gasteiger partial charge in [0.1, 0.15) is 19.8 Å². The van der Waals surface area contributed by atoms with Crippen LogP contribution in [0.25, 0.3) is 6.08 Å². The average molecular weight is 490 g/mol. The van der Waals surface area contributed by atoms with Gasteiger partial charge in [0.15, 0.2) is 18.1 Å². The molecule has 11 nitrogen and oxygen atoms in total. The molecule has 0 atom stereocenters. The minimum atomic E-state index is -3.90. The van der Waals surface area contributed by atoms with Crippen molar-refractivity contribution >= 4 is 39.7 Å². The maximum absolute atomic E-state index is 12.0. The number of urea groups is 1. The van der Waals surface area contributed by atoms with Gasteiger partial charge in [0, 0.05) is 17.2 Å². The van der Waals surface area contributed by atoms with Crippen LogP contribution in [0.2, 0.25) is 0 Å². The summed E-state index contributed by atoms with van der Waals surface area (Å²) >= 11 is 0. The molecule has 1 aliphatic heterocycles. The van der Waals surface area contributed by atoms with Crippen LogP contribution in [0.1, 0.15) is 11.1 Å². The molecule has 0 saturated carbocycles. The number of benzene rings is 2. The molecule has 0 bridgehead atoms. The molecule has 0 radical (unpaired) electrons. The summed E-state index contributed by atoms with van der Waals surface area (Å²) in [5, 5.41) is 5.35. The number of carbonyl (C=O) groups is 3. The Labute approximate surface area is 196 Å². The highest BCUT2D eigenvalue weighted by Gasteiger charge is 2.15. The van der Waals surface area contributed by atoms with Crippen molar-refractivity contribution in [1.82, 2.24) is 10.0 Å².